The Kier molecular flexibility index (Phi) is 5.54. The molecule has 2 rings (SSSR count). The summed E-state index contributed by atoms with van der Waals surface area (Å²) in [5.74, 6) is 1.69. The Labute approximate surface area is 142 Å². The van der Waals surface area contributed by atoms with Gasteiger partial charge in [-0.2, -0.15) is 0 Å². The highest BCUT2D eigenvalue weighted by Gasteiger charge is 2.23. The van der Waals surface area contributed by atoms with Crippen LogP contribution in [-0.4, -0.2) is 27.9 Å². The number of hydrogen-bond donors (Lipinski definition) is 1. The maximum atomic E-state index is 13.5. The number of hydrogen-bond acceptors (Lipinski definition) is 4. The molecule has 130 valence electrons. The van der Waals surface area contributed by atoms with E-state index in [1.54, 1.807) is 27.4 Å². The standard InChI is InChI=1S/C19H24FNO3/c1-19(2,13-6-8-17(23-4)18(10-13)24-5)12-21-15-11-14(20)7-9-16(15)22-3/h6-11,21H,12H2,1-5H3. The summed E-state index contributed by atoms with van der Waals surface area (Å²) in [5.41, 5.74) is 1.51. The van der Waals surface area contributed by atoms with Gasteiger partial charge in [0.15, 0.2) is 11.5 Å². The quantitative estimate of drug-likeness (QED) is 0.823. The van der Waals surface area contributed by atoms with Gasteiger partial charge < -0.3 is 19.5 Å². The van der Waals surface area contributed by atoms with Gasteiger partial charge in [0.05, 0.1) is 27.0 Å². The molecule has 0 aliphatic rings. The molecule has 0 saturated carbocycles. The first-order chi connectivity index (χ1) is 11.4. The lowest BCUT2D eigenvalue weighted by Crippen LogP contribution is -2.27. The summed E-state index contributed by atoms with van der Waals surface area (Å²) in [6, 6.07) is 10.3. The van der Waals surface area contributed by atoms with Gasteiger partial charge in [-0.3, -0.25) is 0 Å². The van der Waals surface area contributed by atoms with Crippen LogP contribution < -0.4 is 19.5 Å². The van der Waals surface area contributed by atoms with Gasteiger partial charge in [0.2, 0.25) is 0 Å². The predicted molar refractivity (Wildman–Crippen MR) is 94.0 cm³/mol. The van der Waals surface area contributed by atoms with E-state index >= 15 is 0 Å². The van der Waals surface area contributed by atoms with Crippen molar-refractivity contribution in [1.29, 1.82) is 0 Å². The number of halogens is 1. The van der Waals surface area contributed by atoms with Crippen molar-refractivity contribution in [2.24, 2.45) is 0 Å². The largest absolute Gasteiger partial charge is 0.495 e. The first-order valence-electron chi connectivity index (χ1n) is 7.71. The number of nitrogens with one attached hydrogen (secondary N) is 1. The second kappa shape index (κ2) is 7.43. The van der Waals surface area contributed by atoms with Crippen LogP contribution in [-0.2, 0) is 5.41 Å². The van der Waals surface area contributed by atoms with Crippen LogP contribution in [0.3, 0.4) is 0 Å². The summed E-state index contributed by atoms with van der Waals surface area (Å²) < 4.78 is 29.4. The third kappa shape index (κ3) is 3.91. The van der Waals surface area contributed by atoms with E-state index in [9.17, 15) is 4.39 Å². The number of rotatable bonds is 7. The Bertz CT molecular complexity index is 701. The lowest BCUT2D eigenvalue weighted by molar-refractivity contribution is 0.353. The van der Waals surface area contributed by atoms with Crippen molar-refractivity contribution in [3.63, 3.8) is 0 Å². The third-order valence-electron chi connectivity index (χ3n) is 4.05. The van der Waals surface area contributed by atoms with Gasteiger partial charge in [-0.05, 0) is 29.8 Å². The molecular formula is C19H24FNO3. The van der Waals surface area contributed by atoms with Gasteiger partial charge >= 0.3 is 0 Å². The predicted octanol–water partition coefficient (Wildman–Crippen LogP) is 4.24. The SMILES string of the molecule is COc1ccc(F)cc1NCC(C)(C)c1ccc(OC)c(OC)c1. The summed E-state index contributed by atoms with van der Waals surface area (Å²) in [6.07, 6.45) is 0. The molecule has 0 saturated heterocycles. The van der Waals surface area contributed by atoms with Gasteiger partial charge in [-0.15, -0.1) is 0 Å². The molecule has 0 atom stereocenters. The Hall–Kier alpha value is -2.43. The third-order valence-corrected chi connectivity index (χ3v) is 4.05. The van der Waals surface area contributed by atoms with E-state index in [4.69, 9.17) is 14.2 Å². The van der Waals surface area contributed by atoms with Gasteiger partial charge in [-0.1, -0.05) is 19.9 Å². The number of methoxy groups -OCH3 is 3. The van der Waals surface area contributed by atoms with E-state index in [2.05, 4.69) is 19.2 Å². The van der Waals surface area contributed by atoms with Crippen LogP contribution in [0.1, 0.15) is 19.4 Å². The molecule has 24 heavy (non-hydrogen) atoms. The minimum absolute atomic E-state index is 0.211. The van der Waals surface area contributed by atoms with Crippen molar-refractivity contribution in [2.45, 2.75) is 19.3 Å². The molecule has 0 aliphatic heterocycles. The molecule has 0 spiro atoms. The smallest absolute Gasteiger partial charge is 0.161 e. The summed E-state index contributed by atoms with van der Waals surface area (Å²) in [5, 5.41) is 3.27. The average molecular weight is 333 g/mol. The van der Waals surface area contributed by atoms with Gasteiger partial charge in [-0.25, -0.2) is 4.39 Å². The Morgan fingerprint density at radius 3 is 2.12 bits per heavy atom. The average Bonchev–Trinajstić information content (AvgIpc) is 2.59. The summed E-state index contributed by atoms with van der Waals surface area (Å²) in [7, 11) is 4.79. The Morgan fingerprint density at radius 1 is 0.875 bits per heavy atom. The van der Waals surface area contributed by atoms with Crippen LogP contribution in [0.5, 0.6) is 17.2 Å². The second-order valence-electron chi connectivity index (χ2n) is 6.15. The molecule has 0 unspecified atom stereocenters. The lowest BCUT2D eigenvalue weighted by atomic mass is 9.84. The van der Waals surface area contributed by atoms with Crippen LogP contribution in [0, 0.1) is 5.82 Å². The number of anilines is 1. The summed E-state index contributed by atoms with van der Waals surface area (Å²) >= 11 is 0. The van der Waals surface area contributed by atoms with E-state index < -0.39 is 0 Å². The molecule has 0 aliphatic carbocycles. The topological polar surface area (TPSA) is 39.7 Å². The number of ether oxygens (including phenoxy) is 3. The van der Waals surface area contributed by atoms with E-state index in [-0.39, 0.29) is 11.2 Å². The first-order valence-corrected chi connectivity index (χ1v) is 7.71. The molecule has 2 aromatic carbocycles. The monoisotopic (exact) mass is 333 g/mol. The normalized spacial score (nSPS) is 11.1. The zero-order valence-electron chi connectivity index (χ0n) is 14.8. The summed E-state index contributed by atoms with van der Waals surface area (Å²) in [4.78, 5) is 0. The van der Waals surface area contributed by atoms with Crippen molar-refractivity contribution in [3.05, 3.63) is 47.8 Å². The molecule has 0 aromatic heterocycles. The fourth-order valence-electron chi connectivity index (χ4n) is 2.49. The maximum absolute atomic E-state index is 13.5. The maximum Gasteiger partial charge on any atom is 0.161 e. The highest BCUT2D eigenvalue weighted by molar-refractivity contribution is 5.57. The van der Waals surface area contributed by atoms with Crippen molar-refractivity contribution in [2.75, 3.05) is 33.2 Å². The van der Waals surface area contributed by atoms with Crippen molar-refractivity contribution in [1.82, 2.24) is 0 Å². The van der Waals surface area contributed by atoms with E-state index in [0.29, 0.717) is 29.5 Å². The van der Waals surface area contributed by atoms with E-state index in [1.165, 1.54) is 12.1 Å². The molecule has 4 nitrogen and oxygen atoms in total. The zero-order valence-corrected chi connectivity index (χ0v) is 14.8. The molecule has 0 radical (unpaired) electrons. The zero-order chi connectivity index (χ0) is 17.7. The molecule has 5 heteroatoms. The highest BCUT2D eigenvalue weighted by Crippen LogP contribution is 2.34. The van der Waals surface area contributed by atoms with Crippen molar-refractivity contribution >= 4 is 5.69 Å². The molecular weight excluding hydrogens is 309 g/mol. The van der Waals surface area contributed by atoms with Crippen LogP contribution in [0.2, 0.25) is 0 Å². The highest BCUT2D eigenvalue weighted by atomic mass is 19.1. The molecule has 1 N–H and O–H groups in total. The fraction of sp³-hybridized carbons (Fsp3) is 0.368. The van der Waals surface area contributed by atoms with Crippen molar-refractivity contribution in [3.8, 4) is 17.2 Å². The van der Waals surface area contributed by atoms with Gasteiger partial charge in [0, 0.05) is 18.0 Å². The fourth-order valence-corrected chi connectivity index (χ4v) is 2.49. The van der Waals surface area contributed by atoms with Crippen LogP contribution in [0.4, 0.5) is 10.1 Å². The molecule has 0 amide bonds. The second-order valence-corrected chi connectivity index (χ2v) is 6.15. The molecule has 2 aromatic rings. The summed E-state index contributed by atoms with van der Waals surface area (Å²) in [6.45, 7) is 4.81. The molecule has 0 fully saturated rings. The van der Waals surface area contributed by atoms with E-state index in [1.807, 2.05) is 18.2 Å². The first kappa shape index (κ1) is 17.9. The molecule has 0 bridgehead atoms. The van der Waals surface area contributed by atoms with Gasteiger partial charge in [0.1, 0.15) is 11.6 Å². The van der Waals surface area contributed by atoms with Gasteiger partial charge in [0.25, 0.3) is 0 Å². The minimum atomic E-state index is -0.303. The number of benzene rings is 2. The van der Waals surface area contributed by atoms with E-state index in [0.717, 1.165) is 5.56 Å². The van der Waals surface area contributed by atoms with Crippen LogP contribution >= 0.6 is 0 Å². The minimum Gasteiger partial charge on any atom is -0.495 e. The van der Waals surface area contributed by atoms with Crippen LogP contribution in [0.25, 0.3) is 0 Å². The van der Waals surface area contributed by atoms with Crippen LogP contribution in [0.15, 0.2) is 36.4 Å². The van der Waals surface area contributed by atoms with Crippen molar-refractivity contribution < 1.29 is 18.6 Å². The Balaban J connectivity index is 2.21. The lowest BCUT2D eigenvalue weighted by Gasteiger charge is -2.27. The Morgan fingerprint density at radius 2 is 1.50 bits per heavy atom. The molecule has 0 heterocycles.